The third kappa shape index (κ3) is 8.10. The Balaban J connectivity index is 1.66. The van der Waals surface area contributed by atoms with Gasteiger partial charge in [-0.25, -0.2) is 13.6 Å². The number of unbranched alkanes of at least 4 members (excludes halogenated alkanes) is 1. The number of rotatable bonds is 13. The average Bonchev–Trinajstić information content (AvgIpc) is 3.20. The standard InChI is InChI=1S/C37H44F2N2O4/c1-8-9-10-25-13-28(18-29(38)14-25)23(4)40-35(42)27-11-12-32-33(24(5)41(21-22(2)3)34(32)19-27)17-26-15-30(39)20-31(16-26)45-37(6,7)36(43)44/h11-16,18-20,22-23H,8-10,17,21H2,1-7H3,(H,40,42)(H,43,44)/t23-/m0/s1. The van der Waals surface area contributed by atoms with Crippen LogP contribution in [0.4, 0.5) is 8.78 Å². The summed E-state index contributed by atoms with van der Waals surface area (Å²) in [5, 5.41) is 13.4. The lowest BCUT2D eigenvalue weighted by Gasteiger charge is -2.22. The van der Waals surface area contributed by atoms with E-state index in [2.05, 4.69) is 30.7 Å². The summed E-state index contributed by atoms with van der Waals surface area (Å²) < 4.78 is 36.9. The van der Waals surface area contributed by atoms with Crippen LogP contribution in [0.3, 0.4) is 0 Å². The summed E-state index contributed by atoms with van der Waals surface area (Å²) >= 11 is 0. The first-order valence-corrected chi connectivity index (χ1v) is 15.6. The molecule has 45 heavy (non-hydrogen) atoms. The Morgan fingerprint density at radius 1 is 0.978 bits per heavy atom. The van der Waals surface area contributed by atoms with Gasteiger partial charge in [0.25, 0.3) is 5.91 Å². The molecular weight excluding hydrogens is 574 g/mol. The molecule has 240 valence electrons. The van der Waals surface area contributed by atoms with Gasteiger partial charge in [-0.3, -0.25) is 4.79 Å². The molecule has 1 amide bonds. The molecule has 2 N–H and O–H groups in total. The largest absolute Gasteiger partial charge is 0.478 e. The molecule has 0 radical (unpaired) electrons. The third-order valence-corrected chi connectivity index (χ3v) is 8.11. The fourth-order valence-corrected chi connectivity index (χ4v) is 5.65. The lowest BCUT2D eigenvalue weighted by Crippen LogP contribution is -2.37. The number of hydrogen-bond donors (Lipinski definition) is 2. The van der Waals surface area contributed by atoms with Crippen LogP contribution in [-0.4, -0.2) is 27.2 Å². The summed E-state index contributed by atoms with van der Waals surface area (Å²) in [6, 6.07) is 14.5. The zero-order chi connectivity index (χ0) is 33.1. The molecule has 3 aromatic carbocycles. The number of aryl methyl sites for hydroxylation is 1. The number of aromatic nitrogens is 1. The Bertz CT molecular complexity index is 1710. The molecule has 1 atom stereocenters. The number of benzene rings is 3. The molecule has 6 nitrogen and oxygen atoms in total. The molecule has 4 rings (SSSR count). The molecule has 4 aromatic rings. The molecule has 1 heterocycles. The average molecular weight is 619 g/mol. The number of carbonyl (C=O) groups is 2. The minimum absolute atomic E-state index is 0.143. The Kier molecular flexibility index (Phi) is 10.4. The predicted molar refractivity (Wildman–Crippen MR) is 174 cm³/mol. The Hall–Kier alpha value is -4.20. The highest BCUT2D eigenvalue weighted by Gasteiger charge is 2.30. The molecule has 0 unspecified atom stereocenters. The monoisotopic (exact) mass is 618 g/mol. The molecule has 0 spiro atoms. The van der Waals surface area contributed by atoms with Crippen molar-refractivity contribution in [1.29, 1.82) is 0 Å². The van der Waals surface area contributed by atoms with E-state index in [0.717, 1.165) is 59.1 Å². The third-order valence-electron chi connectivity index (χ3n) is 8.11. The highest BCUT2D eigenvalue weighted by molar-refractivity contribution is 5.99. The van der Waals surface area contributed by atoms with Crippen molar-refractivity contribution in [2.45, 2.75) is 92.3 Å². The number of ether oxygens (including phenoxy) is 1. The van der Waals surface area contributed by atoms with E-state index < -0.39 is 17.4 Å². The number of nitrogens with zero attached hydrogens (tertiary/aromatic N) is 1. The van der Waals surface area contributed by atoms with Crippen molar-refractivity contribution in [3.63, 3.8) is 0 Å². The Morgan fingerprint density at radius 2 is 1.67 bits per heavy atom. The minimum Gasteiger partial charge on any atom is -0.478 e. The normalized spacial score (nSPS) is 12.5. The topological polar surface area (TPSA) is 80.6 Å². The zero-order valence-electron chi connectivity index (χ0n) is 27.3. The van der Waals surface area contributed by atoms with E-state index in [4.69, 9.17) is 4.74 Å². The predicted octanol–water partition coefficient (Wildman–Crippen LogP) is 8.55. The number of halogens is 2. The minimum atomic E-state index is -1.52. The Morgan fingerprint density at radius 3 is 2.33 bits per heavy atom. The zero-order valence-corrected chi connectivity index (χ0v) is 27.3. The maximum absolute atomic E-state index is 14.7. The summed E-state index contributed by atoms with van der Waals surface area (Å²) in [5.41, 5.74) is 4.14. The van der Waals surface area contributed by atoms with Crippen LogP contribution in [0.1, 0.15) is 98.7 Å². The van der Waals surface area contributed by atoms with E-state index in [9.17, 15) is 23.5 Å². The first-order chi connectivity index (χ1) is 21.2. The number of carboxylic acids is 1. The number of carboxylic acid groups (broad SMARTS) is 1. The van der Waals surface area contributed by atoms with Gasteiger partial charge >= 0.3 is 5.97 Å². The second-order valence-electron chi connectivity index (χ2n) is 12.9. The van der Waals surface area contributed by atoms with Gasteiger partial charge in [-0.1, -0.05) is 39.3 Å². The van der Waals surface area contributed by atoms with Crippen LogP contribution in [-0.2, 0) is 24.2 Å². The summed E-state index contributed by atoms with van der Waals surface area (Å²) in [6.45, 7) is 13.8. The number of hydrogen-bond acceptors (Lipinski definition) is 3. The van der Waals surface area contributed by atoms with E-state index in [1.165, 1.54) is 32.0 Å². The Labute approximate surface area is 264 Å². The molecule has 0 fully saturated rings. The number of aliphatic carboxylic acids is 1. The van der Waals surface area contributed by atoms with Crippen molar-refractivity contribution in [3.05, 3.63) is 99.7 Å². The van der Waals surface area contributed by atoms with Crippen molar-refractivity contribution in [1.82, 2.24) is 9.88 Å². The van der Waals surface area contributed by atoms with Gasteiger partial charge in [-0.2, -0.15) is 0 Å². The highest BCUT2D eigenvalue weighted by atomic mass is 19.1. The van der Waals surface area contributed by atoms with Gasteiger partial charge in [0.1, 0.15) is 17.4 Å². The van der Waals surface area contributed by atoms with E-state index in [0.29, 0.717) is 23.5 Å². The summed E-state index contributed by atoms with van der Waals surface area (Å²) in [5.74, 6) is -1.76. The van der Waals surface area contributed by atoms with Crippen LogP contribution in [0.5, 0.6) is 5.75 Å². The van der Waals surface area contributed by atoms with Crippen LogP contribution < -0.4 is 10.1 Å². The van der Waals surface area contributed by atoms with Crippen LogP contribution in [0.15, 0.2) is 54.6 Å². The summed E-state index contributed by atoms with van der Waals surface area (Å²) in [4.78, 5) is 25.0. The maximum atomic E-state index is 14.7. The van der Waals surface area contributed by atoms with Gasteiger partial charge in [0.05, 0.1) is 6.04 Å². The van der Waals surface area contributed by atoms with Crippen LogP contribution in [0.2, 0.25) is 0 Å². The molecule has 0 aliphatic heterocycles. The lowest BCUT2D eigenvalue weighted by molar-refractivity contribution is -0.152. The SMILES string of the molecule is CCCCc1cc(F)cc([C@H](C)NC(=O)c2ccc3c(Cc4cc(F)cc(OC(C)(C)C(=O)O)c4)c(C)n(CC(C)C)c3c2)c1. The fraction of sp³-hybridized carbons (Fsp3) is 0.405. The van der Waals surface area contributed by atoms with Gasteiger partial charge < -0.3 is 19.7 Å². The molecule has 0 aliphatic rings. The number of fused-ring (bicyclic) bond motifs is 1. The van der Waals surface area contributed by atoms with Gasteiger partial charge in [0.2, 0.25) is 0 Å². The molecule has 0 saturated carbocycles. The molecule has 1 aromatic heterocycles. The fourth-order valence-electron chi connectivity index (χ4n) is 5.65. The van der Waals surface area contributed by atoms with Crippen LogP contribution >= 0.6 is 0 Å². The molecule has 0 bridgehead atoms. The second kappa shape index (κ2) is 13.8. The van der Waals surface area contributed by atoms with Gasteiger partial charge in [0.15, 0.2) is 5.60 Å². The summed E-state index contributed by atoms with van der Waals surface area (Å²) in [6.07, 6.45) is 3.16. The van der Waals surface area contributed by atoms with Gasteiger partial charge in [-0.15, -0.1) is 0 Å². The van der Waals surface area contributed by atoms with E-state index in [-0.39, 0.29) is 23.5 Å². The van der Waals surface area contributed by atoms with E-state index in [1.54, 1.807) is 18.2 Å². The van der Waals surface area contributed by atoms with Gasteiger partial charge in [0, 0.05) is 41.2 Å². The number of nitrogens with one attached hydrogen (secondary N) is 1. The smallest absolute Gasteiger partial charge is 0.347 e. The number of carbonyl (C=O) groups excluding carboxylic acids is 1. The number of amides is 1. The van der Waals surface area contributed by atoms with Crippen LogP contribution in [0.25, 0.3) is 10.9 Å². The van der Waals surface area contributed by atoms with Crippen molar-refractivity contribution in [2.24, 2.45) is 5.92 Å². The van der Waals surface area contributed by atoms with Crippen molar-refractivity contribution in [3.8, 4) is 5.75 Å². The van der Waals surface area contributed by atoms with Crippen molar-refractivity contribution in [2.75, 3.05) is 0 Å². The first kappa shape index (κ1) is 33.7. The quantitative estimate of drug-likeness (QED) is 0.157. The van der Waals surface area contributed by atoms with Gasteiger partial charge in [-0.05, 0) is 105 Å². The maximum Gasteiger partial charge on any atom is 0.347 e. The molecule has 8 heteroatoms. The highest BCUT2D eigenvalue weighted by Crippen LogP contribution is 2.32. The van der Waals surface area contributed by atoms with Crippen molar-refractivity contribution >= 4 is 22.8 Å². The molecular formula is C37H44F2N2O4. The summed E-state index contributed by atoms with van der Waals surface area (Å²) in [7, 11) is 0. The lowest BCUT2D eigenvalue weighted by atomic mass is 10.00. The van der Waals surface area contributed by atoms with E-state index in [1.807, 2.05) is 32.0 Å². The molecule has 0 saturated heterocycles. The van der Waals surface area contributed by atoms with Crippen LogP contribution in [0, 0.1) is 24.5 Å². The van der Waals surface area contributed by atoms with Crippen molar-refractivity contribution < 1.29 is 28.2 Å². The molecule has 0 aliphatic carbocycles. The first-order valence-electron chi connectivity index (χ1n) is 15.6. The second-order valence-corrected chi connectivity index (χ2v) is 12.9. The van der Waals surface area contributed by atoms with E-state index >= 15 is 0 Å².